The zero-order valence-corrected chi connectivity index (χ0v) is 12.5. The van der Waals surface area contributed by atoms with Crippen molar-refractivity contribution in [1.82, 2.24) is 5.32 Å². The van der Waals surface area contributed by atoms with Crippen molar-refractivity contribution in [1.29, 1.82) is 0 Å². The summed E-state index contributed by atoms with van der Waals surface area (Å²) in [5, 5.41) is 20.2. The van der Waals surface area contributed by atoms with Gasteiger partial charge in [0.2, 0.25) is 5.91 Å². The molecule has 0 saturated heterocycles. The van der Waals surface area contributed by atoms with Crippen molar-refractivity contribution in [3.05, 3.63) is 34.9 Å². The topological polar surface area (TPSA) is 104 Å². The summed E-state index contributed by atoms with van der Waals surface area (Å²) in [7, 11) is 0. The molecule has 0 heterocycles. The smallest absolute Gasteiger partial charge is 0.326 e. The van der Waals surface area contributed by atoms with Crippen molar-refractivity contribution >= 4 is 41.2 Å². The van der Waals surface area contributed by atoms with Crippen molar-refractivity contribution < 1.29 is 24.6 Å². The summed E-state index contributed by atoms with van der Waals surface area (Å²) >= 11 is 7.05. The number of halogens is 1. The fourth-order valence-corrected chi connectivity index (χ4v) is 2.38. The van der Waals surface area contributed by atoms with Gasteiger partial charge in [0.05, 0.1) is 12.2 Å². The Bertz CT molecular complexity index is 520. The summed E-state index contributed by atoms with van der Waals surface area (Å²) in [5.74, 6) is -2.54. The maximum atomic E-state index is 11.6. The Balaban J connectivity index is 2.37. The van der Waals surface area contributed by atoms with Crippen LogP contribution in [-0.2, 0) is 20.1 Å². The first kappa shape index (κ1) is 17.3. The molecule has 0 aromatic heterocycles. The molecule has 1 amide bonds. The van der Waals surface area contributed by atoms with Gasteiger partial charge in [0.15, 0.2) is 0 Å². The number of carboxylic acid groups (broad SMARTS) is 2. The fourth-order valence-electron chi connectivity index (χ4n) is 1.45. The largest absolute Gasteiger partial charge is 0.481 e. The third-order valence-electron chi connectivity index (χ3n) is 2.43. The van der Waals surface area contributed by atoms with Crippen LogP contribution in [0.1, 0.15) is 12.0 Å². The van der Waals surface area contributed by atoms with Gasteiger partial charge in [-0.2, -0.15) is 0 Å². The van der Waals surface area contributed by atoms with Crippen LogP contribution in [0.15, 0.2) is 24.3 Å². The van der Waals surface area contributed by atoms with Crippen molar-refractivity contribution in [2.45, 2.75) is 18.2 Å². The average molecular weight is 332 g/mol. The fraction of sp³-hybridized carbons (Fsp3) is 0.308. The van der Waals surface area contributed by atoms with Crippen LogP contribution in [-0.4, -0.2) is 39.9 Å². The Morgan fingerprint density at radius 3 is 2.33 bits per heavy atom. The SMILES string of the molecule is O=C(O)C[C@H](NC(=O)CSCc1ccc(Cl)cc1)C(=O)O. The molecule has 1 rings (SSSR count). The number of hydrogen-bond donors (Lipinski definition) is 3. The number of rotatable bonds is 8. The lowest BCUT2D eigenvalue weighted by Gasteiger charge is -2.12. The average Bonchev–Trinajstić information content (AvgIpc) is 2.39. The number of carbonyl (C=O) groups is 3. The molecule has 1 aromatic rings. The van der Waals surface area contributed by atoms with Gasteiger partial charge >= 0.3 is 11.9 Å². The lowest BCUT2D eigenvalue weighted by Crippen LogP contribution is -2.43. The van der Waals surface area contributed by atoms with E-state index in [1.165, 1.54) is 11.8 Å². The number of carbonyl (C=O) groups excluding carboxylic acids is 1. The van der Waals surface area contributed by atoms with Crippen LogP contribution in [0, 0.1) is 0 Å². The molecular weight excluding hydrogens is 318 g/mol. The molecule has 114 valence electrons. The lowest BCUT2D eigenvalue weighted by atomic mass is 10.2. The zero-order chi connectivity index (χ0) is 15.8. The number of hydrogen-bond acceptors (Lipinski definition) is 4. The van der Waals surface area contributed by atoms with E-state index in [1.807, 2.05) is 12.1 Å². The van der Waals surface area contributed by atoms with Crippen LogP contribution in [0.2, 0.25) is 5.02 Å². The van der Waals surface area contributed by atoms with Gasteiger partial charge in [0.1, 0.15) is 6.04 Å². The third kappa shape index (κ3) is 7.01. The molecule has 0 aliphatic heterocycles. The van der Waals surface area contributed by atoms with E-state index in [9.17, 15) is 14.4 Å². The van der Waals surface area contributed by atoms with Crippen LogP contribution in [0.4, 0.5) is 0 Å². The molecule has 0 spiro atoms. The molecule has 1 atom stereocenters. The highest BCUT2D eigenvalue weighted by Crippen LogP contribution is 2.15. The van der Waals surface area contributed by atoms with E-state index in [-0.39, 0.29) is 5.75 Å². The maximum Gasteiger partial charge on any atom is 0.326 e. The molecule has 0 aliphatic rings. The van der Waals surface area contributed by atoms with Crippen LogP contribution >= 0.6 is 23.4 Å². The van der Waals surface area contributed by atoms with Crippen molar-refractivity contribution in [2.24, 2.45) is 0 Å². The van der Waals surface area contributed by atoms with Gasteiger partial charge < -0.3 is 15.5 Å². The molecule has 3 N–H and O–H groups in total. The Morgan fingerprint density at radius 2 is 1.81 bits per heavy atom. The molecule has 0 unspecified atom stereocenters. The molecule has 21 heavy (non-hydrogen) atoms. The first-order valence-corrected chi connectivity index (χ1v) is 7.48. The molecule has 0 aliphatic carbocycles. The number of nitrogens with one attached hydrogen (secondary N) is 1. The summed E-state index contributed by atoms with van der Waals surface area (Å²) in [6.07, 6.45) is -0.650. The van der Waals surface area contributed by atoms with E-state index in [0.29, 0.717) is 10.8 Å². The Morgan fingerprint density at radius 1 is 1.19 bits per heavy atom. The normalized spacial score (nSPS) is 11.7. The lowest BCUT2D eigenvalue weighted by molar-refractivity contribution is -0.147. The molecule has 0 saturated carbocycles. The van der Waals surface area contributed by atoms with Crippen LogP contribution in [0.5, 0.6) is 0 Å². The Labute approximate surface area is 130 Å². The first-order valence-electron chi connectivity index (χ1n) is 5.94. The number of carboxylic acids is 2. The number of thioether (sulfide) groups is 1. The van der Waals surface area contributed by atoms with Crippen molar-refractivity contribution in [3.63, 3.8) is 0 Å². The van der Waals surface area contributed by atoms with Crippen LogP contribution in [0.3, 0.4) is 0 Å². The number of amides is 1. The predicted molar refractivity (Wildman–Crippen MR) is 79.4 cm³/mol. The predicted octanol–water partition coefficient (Wildman–Crippen LogP) is 1.62. The van der Waals surface area contributed by atoms with E-state index in [0.717, 1.165) is 5.56 Å². The minimum atomic E-state index is -1.41. The van der Waals surface area contributed by atoms with Gasteiger partial charge in [-0.05, 0) is 17.7 Å². The maximum absolute atomic E-state index is 11.6. The second kappa shape index (κ2) is 8.53. The molecule has 0 bridgehead atoms. The van der Waals surface area contributed by atoms with Gasteiger partial charge in [-0.25, -0.2) is 4.79 Å². The highest BCUT2D eigenvalue weighted by atomic mass is 35.5. The molecule has 6 nitrogen and oxygen atoms in total. The van der Waals surface area contributed by atoms with Gasteiger partial charge in [-0.1, -0.05) is 23.7 Å². The first-order chi connectivity index (χ1) is 9.88. The summed E-state index contributed by atoms with van der Waals surface area (Å²) in [4.78, 5) is 32.9. The van der Waals surface area contributed by atoms with E-state index < -0.39 is 30.3 Å². The van der Waals surface area contributed by atoms with E-state index in [2.05, 4.69) is 5.32 Å². The molecular formula is C13H14ClNO5S. The third-order valence-corrected chi connectivity index (χ3v) is 3.68. The minimum absolute atomic E-state index is 0.0476. The Kier molecular flexibility index (Phi) is 7.04. The monoisotopic (exact) mass is 331 g/mol. The van der Waals surface area contributed by atoms with Crippen LogP contribution < -0.4 is 5.32 Å². The molecule has 1 aromatic carbocycles. The van der Waals surface area contributed by atoms with E-state index >= 15 is 0 Å². The second-order valence-electron chi connectivity index (χ2n) is 4.18. The van der Waals surface area contributed by atoms with Gasteiger partial charge in [-0.15, -0.1) is 11.8 Å². The van der Waals surface area contributed by atoms with E-state index in [4.69, 9.17) is 21.8 Å². The quantitative estimate of drug-likeness (QED) is 0.668. The number of benzene rings is 1. The highest BCUT2D eigenvalue weighted by Gasteiger charge is 2.22. The van der Waals surface area contributed by atoms with Gasteiger partial charge in [-0.3, -0.25) is 9.59 Å². The molecule has 0 fully saturated rings. The molecule has 0 radical (unpaired) electrons. The Hall–Kier alpha value is -1.73. The van der Waals surface area contributed by atoms with Crippen molar-refractivity contribution in [2.75, 3.05) is 5.75 Å². The summed E-state index contributed by atoms with van der Waals surface area (Å²) in [6.45, 7) is 0. The van der Waals surface area contributed by atoms with E-state index in [1.54, 1.807) is 12.1 Å². The summed E-state index contributed by atoms with van der Waals surface area (Å²) < 4.78 is 0. The summed E-state index contributed by atoms with van der Waals surface area (Å²) in [6, 6.07) is 5.73. The molecule has 8 heteroatoms. The van der Waals surface area contributed by atoms with Crippen LogP contribution in [0.25, 0.3) is 0 Å². The number of aliphatic carboxylic acids is 2. The standard InChI is InChI=1S/C13H14ClNO5S/c14-9-3-1-8(2-4-9)6-21-7-11(16)15-10(13(19)20)5-12(17)18/h1-4,10H,5-7H2,(H,15,16)(H,17,18)(H,19,20)/t10-/m0/s1. The summed E-state index contributed by atoms with van der Waals surface area (Å²) in [5.41, 5.74) is 0.984. The van der Waals surface area contributed by atoms with Gasteiger partial charge in [0.25, 0.3) is 0 Å². The van der Waals surface area contributed by atoms with Crippen molar-refractivity contribution in [3.8, 4) is 0 Å². The zero-order valence-electron chi connectivity index (χ0n) is 10.9. The highest BCUT2D eigenvalue weighted by molar-refractivity contribution is 7.99. The van der Waals surface area contributed by atoms with Gasteiger partial charge in [0, 0.05) is 10.8 Å². The minimum Gasteiger partial charge on any atom is -0.481 e. The second-order valence-corrected chi connectivity index (χ2v) is 5.60.